The molecule has 0 aliphatic carbocycles. The maximum Gasteiger partial charge on any atom is 0.228 e. The van der Waals surface area contributed by atoms with Gasteiger partial charge in [-0.1, -0.05) is 29.3 Å². The Balaban J connectivity index is 2.22. The number of nitrogens with zero attached hydrogens (tertiary/aromatic N) is 3. The molecular formula is C20H26BrN3O. The van der Waals surface area contributed by atoms with Gasteiger partial charge in [0, 0.05) is 13.6 Å². The largest absolute Gasteiger partial charge is 0.469 e. The number of aromatic nitrogens is 1. The molecule has 2 rings (SSSR count). The average molecular weight is 404 g/mol. The maximum absolute atomic E-state index is 6.10. The lowest BCUT2D eigenvalue weighted by Gasteiger charge is -2.17. The standard InChI is InChI=1S/C20H26BrN3O/c1-7-24(6)12-22-19-11-18(21)20(23-15(19)4)25-16(5)17-9-13(2)8-14(3)10-17/h8-12,16H,7H2,1-6H3/b22-12+/t16-/m1/s1. The molecule has 4 nitrogen and oxygen atoms in total. The third-order valence-corrected chi connectivity index (χ3v) is 4.57. The highest BCUT2D eigenvalue weighted by Crippen LogP contribution is 2.32. The minimum atomic E-state index is -0.0811. The number of hydrogen-bond acceptors (Lipinski definition) is 3. The Bertz CT molecular complexity index is 754. The minimum Gasteiger partial charge on any atom is -0.469 e. The Morgan fingerprint density at radius 2 is 1.84 bits per heavy atom. The molecule has 0 bridgehead atoms. The van der Waals surface area contributed by atoms with Crippen LogP contribution in [0.15, 0.2) is 33.7 Å². The molecule has 0 aliphatic heterocycles. The Morgan fingerprint density at radius 3 is 2.44 bits per heavy atom. The van der Waals surface area contributed by atoms with Crippen LogP contribution in [-0.2, 0) is 0 Å². The van der Waals surface area contributed by atoms with Gasteiger partial charge in [-0.05, 0) is 62.2 Å². The highest BCUT2D eigenvalue weighted by molar-refractivity contribution is 9.10. The van der Waals surface area contributed by atoms with E-state index in [0.29, 0.717) is 5.88 Å². The molecule has 0 saturated heterocycles. The number of aryl methyl sites for hydroxylation is 3. The van der Waals surface area contributed by atoms with Crippen molar-refractivity contribution in [2.45, 2.75) is 40.7 Å². The SMILES string of the molecule is CCN(C)/C=N/c1cc(Br)c(O[C@H](C)c2cc(C)cc(C)c2)nc1C. The van der Waals surface area contributed by atoms with Crippen LogP contribution in [0.1, 0.15) is 42.3 Å². The van der Waals surface area contributed by atoms with E-state index in [4.69, 9.17) is 4.74 Å². The van der Waals surface area contributed by atoms with E-state index in [9.17, 15) is 0 Å². The molecule has 134 valence electrons. The molecular weight excluding hydrogens is 378 g/mol. The third-order valence-electron chi connectivity index (χ3n) is 4.00. The lowest BCUT2D eigenvalue weighted by molar-refractivity contribution is 0.215. The zero-order chi connectivity index (χ0) is 18.6. The van der Waals surface area contributed by atoms with Gasteiger partial charge < -0.3 is 9.64 Å². The number of rotatable bonds is 6. The second kappa shape index (κ2) is 8.48. The molecule has 0 unspecified atom stereocenters. The molecule has 1 atom stereocenters. The fourth-order valence-electron chi connectivity index (χ4n) is 2.49. The van der Waals surface area contributed by atoms with Gasteiger partial charge in [0.05, 0.1) is 22.2 Å². The van der Waals surface area contributed by atoms with E-state index < -0.39 is 0 Å². The van der Waals surface area contributed by atoms with Crippen molar-refractivity contribution in [3.8, 4) is 5.88 Å². The molecule has 0 N–H and O–H groups in total. The van der Waals surface area contributed by atoms with Crippen molar-refractivity contribution in [2.24, 2.45) is 4.99 Å². The van der Waals surface area contributed by atoms with E-state index in [-0.39, 0.29) is 6.10 Å². The van der Waals surface area contributed by atoms with Crippen LogP contribution in [0.3, 0.4) is 0 Å². The highest BCUT2D eigenvalue weighted by Gasteiger charge is 2.14. The Labute approximate surface area is 159 Å². The minimum absolute atomic E-state index is 0.0811. The van der Waals surface area contributed by atoms with Gasteiger partial charge in [0.15, 0.2) is 0 Å². The second-order valence-corrected chi connectivity index (χ2v) is 7.23. The fourth-order valence-corrected chi connectivity index (χ4v) is 2.88. The van der Waals surface area contributed by atoms with E-state index in [1.165, 1.54) is 11.1 Å². The molecule has 1 aromatic carbocycles. The van der Waals surface area contributed by atoms with Crippen LogP contribution < -0.4 is 4.74 Å². The molecule has 0 aliphatic rings. The normalized spacial score (nSPS) is 12.4. The first-order chi connectivity index (χ1) is 11.8. The molecule has 0 saturated carbocycles. The predicted octanol–water partition coefficient (Wildman–Crippen LogP) is 5.52. The molecule has 1 aromatic heterocycles. The van der Waals surface area contributed by atoms with Gasteiger partial charge in [-0.2, -0.15) is 0 Å². The Hall–Kier alpha value is -1.88. The van der Waals surface area contributed by atoms with Crippen molar-refractivity contribution < 1.29 is 4.74 Å². The van der Waals surface area contributed by atoms with E-state index in [1.807, 2.05) is 38.2 Å². The van der Waals surface area contributed by atoms with Crippen LogP contribution in [0.25, 0.3) is 0 Å². The summed E-state index contributed by atoms with van der Waals surface area (Å²) in [6.45, 7) is 11.2. The number of ether oxygens (including phenoxy) is 1. The molecule has 0 amide bonds. The van der Waals surface area contributed by atoms with Crippen molar-refractivity contribution in [1.82, 2.24) is 9.88 Å². The number of pyridine rings is 1. The van der Waals surface area contributed by atoms with Crippen molar-refractivity contribution in [2.75, 3.05) is 13.6 Å². The average Bonchev–Trinajstić information content (AvgIpc) is 2.55. The van der Waals surface area contributed by atoms with Crippen LogP contribution in [0, 0.1) is 20.8 Å². The highest BCUT2D eigenvalue weighted by atomic mass is 79.9. The van der Waals surface area contributed by atoms with Gasteiger partial charge in [-0.15, -0.1) is 0 Å². The van der Waals surface area contributed by atoms with Crippen molar-refractivity contribution >= 4 is 28.0 Å². The summed E-state index contributed by atoms with van der Waals surface area (Å²) in [6, 6.07) is 8.41. The summed E-state index contributed by atoms with van der Waals surface area (Å²) >= 11 is 3.56. The number of benzene rings is 1. The quantitative estimate of drug-likeness (QED) is 0.470. The van der Waals surface area contributed by atoms with E-state index >= 15 is 0 Å². The number of aliphatic imine (C=N–C) groups is 1. The summed E-state index contributed by atoms with van der Waals surface area (Å²) < 4.78 is 6.91. The van der Waals surface area contributed by atoms with Gasteiger partial charge >= 0.3 is 0 Å². The first-order valence-electron chi connectivity index (χ1n) is 8.46. The zero-order valence-corrected chi connectivity index (χ0v) is 17.4. The molecule has 1 heterocycles. The van der Waals surface area contributed by atoms with Crippen LogP contribution >= 0.6 is 15.9 Å². The smallest absolute Gasteiger partial charge is 0.228 e. The number of halogens is 1. The number of hydrogen-bond donors (Lipinski definition) is 0. The van der Waals surface area contributed by atoms with Crippen LogP contribution in [-0.4, -0.2) is 29.8 Å². The van der Waals surface area contributed by atoms with Crippen LogP contribution in [0.2, 0.25) is 0 Å². The topological polar surface area (TPSA) is 37.7 Å². The fraction of sp³-hybridized carbons (Fsp3) is 0.400. The van der Waals surface area contributed by atoms with Gasteiger partial charge in [-0.3, -0.25) is 0 Å². The van der Waals surface area contributed by atoms with Gasteiger partial charge in [0.25, 0.3) is 0 Å². The Morgan fingerprint density at radius 1 is 1.20 bits per heavy atom. The van der Waals surface area contributed by atoms with Gasteiger partial charge in [-0.25, -0.2) is 9.98 Å². The second-order valence-electron chi connectivity index (χ2n) is 6.38. The third kappa shape index (κ3) is 5.30. The lowest BCUT2D eigenvalue weighted by Crippen LogP contribution is -2.14. The van der Waals surface area contributed by atoms with Gasteiger partial charge in [0.1, 0.15) is 6.10 Å². The van der Waals surface area contributed by atoms with Gasteiger partial charge in [0.2, 0.25) is 5.88 Å². The molecule has 5 heteroatoms. The van der Waals surface area contributed by atoms with Crippen molar-refractivity contribution in [1.29, 1.82) is 0 Å². The Kier molecular flexibility index (Phi) is 6.59. The molecule has 0 radical (unpaired) electrons. The van der Waals surface area contributed by atoms with Crippen LogP contribution in [0.5, 0.6) is 5.88 Å². The lowest BCUT2D eigenvalue weighted by atomic mass is 10.0. The summed E-state index contributed by atoms with van der Waals surface area (Å²) in [6.07, 6.45) is 1.73. The summed E-state index contributed by atoms with van der Waals surface area (Å²) in [5.74, 6) is 0.590. The molecule has 0 fully saturated rings. The van der Waals surface area contributed by atoms with E-state index in [1.54, 1.807) is 0 Å². The summed E-state index contributed by atoms with van der Waals surface area (Å²) in [4.78, 5) is 11.1. The molecule has 2 aromatic rings. The zero-order valence-electron chi connectivity index (χ0n) is 15.8. The van der Waals surface area contributed by atoms with Crippen molar-refractivity contribution in [3.63, 3.8) is 0 Å². The van der Waals surface area contributed by atoms with Crippen LogP contribution in [0.4, 0.5) is 5.69 Å². The first kappa shape index (κ1) is 19.4. The predicted molar refractivity (Wildman–Crippen MR) is 108 cm³/mol. The molecule has 25 heavy (non-hydrogen) atoms. The summed E-state index contributed by atoms with van der Waals surface area (Å²) in [5.41, 5.74) is 5.29. The summed E-state index contributed by atoms with van der Waals surface area (Å²) in [5, 5.41) is 0. The van der Waals surface area contributed by atoms with Crippen molar-refractivity contribution in [3.05, 3.63) is 51.1 Å². The first-order valence-corrected chi connectivity index (χ1v) is 9.25. The van der Waals surface area contributed by atoms with E-state index in [0.717, 1.165) is 28.0 Å². The monoisotopic (exact) mass is 403 g/mol. The van der Waals surface area contributed by atoms with E-state index in [2.05, 4.69) is 64.9 Å². The maximum atomic E-state index is 6.10. The summed E-state index contributed by atoms with van der Waals surface area (Å²) in [7, 11) is 1.99. The molecule has 0 spiro atoms.